The first-order valence-corrected chi connectivity index (χ1v) is 8.88. The maximum atomic E-state index is 11.7. The smallest absolute Gasteiger partial charge is 0.258 e. The fourth-order valence-corrected chi connectivity index (χ4v) is 5.18. The van der Waals surface area contributed by atoms with Crippen molar-refractivity contribution in [3.05, 3.63) is 21.0 Å². The van der Waals surface area contributed by atoms with Crippen LogP contribution in [0.3, 0.4) is 0 Å². The van der Waals surface area contributed by atoms with Gasteiger partial charge in [0.15, 0.2) is 9.84 Å². The van der Waals surface area contributed by atoms with Crippen molar-refractivity contribution in [2.24, 2.45) is 5.92 Å². The van der Waals surface area contributed by atoms with E-state index in [1.165, 1.54) is 4.68 Å². The normalized spacial score (nSPS) is 24.6. The highest BCUT2D eigenvalue weighted by molar-refractivity contribution is 7.91. The van der Waals surface area contributed by atoms with E-state index in [-0.39, 0.29) is 28.3 Å². The molecule has 0 bridgehead atoms. The Morgan fingerprint density at radius 3 is 2.57 bits per heavy atom. The van der Waals surface area contributed by atoms with E-state index in [9.17, 15) is 18.5 Å². The number of sulfone groups is 1. The maximum Gasteiger partial charge on any atom is 0.329 e. The van der Waals surface area contributed by atoms with Gasteiger partial charge in [0.1, 0.15) is 5.69 Å². The molecule has 7 nitrogen and oxygen atoms in total. The van der Waals surface area contributed by atoms with Gasteiger partial charge in [0, 0.05) is 6.42 Å². The molecule has 2 heterocycles. The molecule has 1 aliphatic heterocycles. The summed E-state index contributed by atoms with van der Waals surface area (Å²) >= 11 is 6.13. The Morgan fingerprint density at radius 2 is 2.14 bits per heavy atom. The van der Waals surface area contributed by atoms with Crippen molar-refractivity contribution in [1.82, 2.24) is 9.78 Å². The third-order valence-corrected chi connectivity index (χ3v) is 5.88. The fraction of sp³-hybridized carbons (Fsp3) is 0.750. The van der Waals surface area contributed by atoms with Gasteiger partial charge in [0.05, 0.1) is 22.0 Å². The number of aromatic nitrogens is 2. The van der Waals surface area contributed by atoms with E-state index in [1.807, 2.05) is 13.8 Å². The summed E-state index contributed by atoms with van der Waals surface area (Å²) in [6.07, 6.45) is 0.779. The average molecular weight is 336 g/mol. The van der Waals surface area contributed by atoms with E-state index in [2.05, 4.69) is 5.10 Å². The van der Waals surface area contributed by atoms with E-state index >= 15 is 0 Å². The van der Waals surface area contributed by atoms with Crippen LogP contribution in [0.25, 0.3) is 0 Å². The monoisotopic (exact) mass is 335 g/mol. The van der Waals surface area contributed by atoms with Crippen molar-refractivity contribution in [3.8, 4) is 0 Å². The zero-order valence-corrected chi connectivity index (χ0v) is 13.7. The van der Waals surface area contributed by atoms with Crippen LogP contribution < -0.4 is 0 Å². The van der Waals surface area contributed by atoms with Crippen molar-refractivity contribution in [3.63, 3.8) is 0 Å². The van der Waals surface area contributed by atoms with Gasteiger partial charge >= 0.3 is 5.69 Å². The van der Waals surface area contributed by atoms with E-state index in [0.29, 0.717) is 18.5 Å². The molecular formula is C12H18ClN3O4S. The molecule has 0 aromatic carbocycles. The Kier molecular flexibility index (Phi) is 4.05. The highest BCUT2D eigenvalue weighted by Gasteiger charge is 2.44. The summed E-state index contributed by atoms with van der Waals surface area (Å²) in [5.74, 6) is 0.135. The van der Waals surface area contributed by atoms with Gasteiger partial charge in [0.2, 0.25) is 5.15 Å². The zero-order valence-electron chi connectivity index (χ0n) is 12.2. The molecule has 0 aliphatic carbocycles. The average Bonchev–Trinajstić information content (AvgIpc) is 2.77. The summed E-state index contributed by atoms with van der Waals surface area (Å²) in [6, 6.07) is 0. The minimum Gasteiger partial charge on any atom is -0.258 e. The van der Waals surface area contributed by atoms with E-state index in [1.54, 1.807) is 6.92 Å². The third kappa shape index (κ3) is 3.06. The van der Waals surface area contributed by atoms with Crippen LogP contribution in [0, 0.1) is 16.0 Å². The van der Waals surface area contributed by atoms with Gasteiger partial charge in [-0.25, -0.2) is 13.1 Å². The summed E-state index contributed by atoms with van der Waals surface area (Å²) < 4.78 is 24.8. The number of nitrogens with zero attached hydrogens (tertiary/aromatic N) is 3. The van der Waals surface area contributed by atoms with Crippen molar-refractivity contribution < 1.29 is 13.3 Å². The molecule has 1 aliphatic rings. The molecule has 2 rings (SSSR count). The summed E-state index contributed by atoms with van der Waals surface area (Å²) in [6.45, 7) is 5.58. The molecule has 1 atom stereocenters. The predicted octanol–water partition coefficient (Wildman–Crippen LogP) is 2.18. The number of hydrogen-bond donors (Lipinski definition) is 0. The summed E-state index contributed by atoms with van der Waals surface area (Å²) in [4.78, 5) is 10.7. The van der Waals surface area contributed by atoms with Gasteiger partial charge in [-0.3, -0.25) is 10.1 Å². The van der Waals surface area contributed by atoms with Crippen LogP contribution in [0.2, 0.25) is 5.15 Å². The van der Waals surface area contributed by atoms with E-state index in [0.717, 1.165) is 0 Å². The zero-order chi connectivity index (χ0) is 16.0. The molecule has 118 valence electrons. The molecule has 0 saturated carbocycles. The van der Waals surface area contributed by atoms with Crippen LogP contribution in [-0.4, -0.2) is 34.6 Å². The molecule has 0 spiro atoms. The first-order chi connectivity index (χ1) is 9.56. The molecule has 21 heavy (non-hydrogen) atoms. The summed E-state index contributed by atoms with van der Waals surface area (Å²) in [5.41, 5.74) is -0.725. The van der Waals surface area contributed by atoms with Gasteiger partial charge in [-0.1, -0.05) is 25.4 Å². The van der Waals surface area contributed by atoms with Gasteiger partial charge in [-0.15, -0.1) is 0 Å². The lowest BCUT2D eigenvalue weighted by molar-refractivity contribution is -0.385. The Bertz CT molecular complexity index is 683. The minimum atomic E-state index is -3.16. The van der Waals surface area contributed by atoms with Crippen LogP contribution in [0.5, 0.6) is 0 Å². The maximum absolute atomic E-state index is 11.7. The van der Waals surface area contributed by atoms with Gasteiger partial charge in [-0.05, 0) is 19.3 Å². The molecule has 0 amide bonds. The lowest BCUT2D eigenvalue weighted by Crippen LogP contribution is -2.32. The second-order valence-corrected chi connectivity index (χ2v) is 8.73. The van der Waals surface area contributed by atoms with Crippen molar-refractivity contribution in [2.75, 3.05) is 11.5 Å². The molecule has 1 aromatic heterocycles. The lowest BCUT2D eigenvalue weighted by atomic mass is 10.0. The van der Waals surface area contributed by atoms with Crippen LogP contribution in [0.15, 0.2) is 0 Å². The quantitative estimate of drug-likeness (QED) is 0.620. The Hall–Kier alpha value is -1.15. The van der Waals surface area contributed by atoms with Gasteiger partial charge in [-0.2, -0.15) is 5.10 Å². The number of halogens is 1. The first kappa shape index (κ1) is 16.2. The first-order valence-electron chi connectivity index (χ1n) is 6.68. The predicted molar refractivity (Wildman–Crippen MR) is 79.4 cm³/mol. The van der Waals surface area contributed by atoms with Crippen molar-refractivity contribution in [2.45, 2.75) is 39.2 Å². The molecule has 9 heteroatoms. The number of rotatable bonds is 4. The standard InChI is InChI=1S/C12H18ClN3O4S/c1-8(2)6-9-10(16(17)18)11(13)15(14-9)12(3)4-5-21(19,20)7-12/h8H,4-7H2,1-3H3. The highest BCUT2D eigenvalue weighted by atomic mass is 35.5. The van der Waals surface area contributed by atoms with Gasteiger partial charge in [0.25, 0.3) is 0 Å². The van der Waals surface area contributed by atoms with Crippen LogP contribution >= 0.6 is 11.6 Å². The molecule has 1 saturated heterocycles. The molecule has 0 N–H and O–H groups in total. The Labute approximate surface area is 128 Å². The largest absolute Gasteiger partial charge is 0.329 e. The molecule has 1 aromatic rings. The molecule has 1 unspecified atom stereocenters. The van der Waals surface area contributed by atoms with E-state index in [4.69, 9.17) is 11.6 Å². The second kappa shape index (κ2) is 5.24. The van der Waals surface area contributed by atoms with Crippen molar-refractivity contribution in [1.29, 1.82) is 0 Å². The molecule has 1 fully saturated rings. The molecule has 0 radical (unpaired) electrons. The second-order valence-electron chi connectivity index (χ2n) is 6.19. The topological polar surface area (TPSA) is 95.1 Å². The van der Waals surface area contributed by atoms with Crippen LogP contribution in [-0.2, 0) is 21.8 Å². The summed E-state index contributed by atoms with van der Waals surface area (Å²) in [7, 11) is -3.16. The minimum absolute atomic E-state index is 0.0486. The SMILES string of the molecule is CC(C)Cc1nn(C2(C)CCS(=O)(=O)C2)c(Cl)c1[N+](=O)[O-]. The highest BCUT2D eigenvalue weighted by Crippen LogP contribution is 2.38. The number of hydrogen-bond acceptors (Lipinski definition) is 5. The third-order valence-electron chi connectivity index (χ3n) is 3.65. The number of nitro groups is 1. The Morgan fingerprint density at radius 1 is 1.52 bits per heavy atom. The molecular weight excluding hydrogens is 318 g/mol. The Balaban J connectivity index is 2.53. The van der Waals surface area contributed by atoms with Crippen LogP contribution in [0.1, 0.15) is 32.9 Å². The lowest BCUT2D eigenvalue weighted by Gasteiger charge is -2.23. The van der Waals surface area contributed by atoms with Crippen LogP contribution in [0.4, 0.5) is 5.69 Å². The van der Waals surface area contributed by atoms with E-state index < -0.39 is 20.3 Å². The van der Waals surface area contributed by atoms with Crippen molar-refractivity contribution >= 4 is 27.1 Å². The summed E-state index contributed by atoms with van der Waals surface area (Å²) in [5, 5.41) is 15.4. The van der Waals surface area contributed by atoms with Gasteiger partial charge < -0.3 is 0 Å². The fourth-order valence-electron chi connectivity index (χ4n) is 2.65.